The van der Waals surface area contributed by atoms with Gasteiger partial charge < -0.3 is 10.2 Å². The molecular weight excluding hydrogens is 316 g/mol. The number of benzene rings is 2. The van der Waals surface area contributed by atoms with Crippen LogP contribution in [0.3, 0.4) is 0 Å². The van der Waals surface area contributed by atoms with Crippen LogP contribution in [-0.2, 0) is 4.79 Å². The fourth-order valence-corrected chi connectivity index (χ4v) is 3.03. The number of hydrogen-bond donors (Lipinski definition) is 1. The van der Waals surface area contributed by atoms with E-state index in [0.717, 1.165) is 16.3 Å². The van der Waals surface area contributed by atoms with Gasteiger partial charge in [-0.2, -0.15) is 0 Å². The Kier molecular flexibility index (Phi) is 5.75. The summed E-state index contributed by atoms with van der Waals surface area (Å²) < 4.78 is 0. The molecule has 1 amide bonds. The van der Waals surface area contributed by atoms with Crippen molar-refractivity contribution >= 4 is 40.6 Å². The minimum absolute atomic E-state index is 0.0393. The number of hydrogen-bond acceptors (Lipinski definition) is 3. The van der Waals surface area contributed by atoms with E-state index in [9.17, 15) is 4.79 Å². The molecule has 0 aliphatic rings. The molecule has 0 aliphatic carbocycles. The number of anilines is 2. The van der Waals surface area contributed by atoms with Gasteiger partial charge in [-0.25, -0.2) is 0 Å². The highest BCUT2D eigenvalue weighted by Gasteiger charge is 2.15. The Bertz CT molecular complexity index is 643. The van der Waals surface area contributed by atoms with E-state index in [0.29, 0.717) is 5.02 Å². The van der Waals surface area contributed by atoms with Crippen molar-refractivity contribution in [1.29, 1.82) is 0 Å². The molecule has 1 N–H and O–H groups in total. The largest absolute Gasteiger partial charge is 0.378 e. The van der Waals surface area contributed by atoms with Crippen molar-refractivity contribution in [3.05, 3.63) is 53.6 Å². The first-order valence-corrected chi connectivity index (χ1v) is 8.22. The number of amides is 1. The topological polar surface area (TPSA) is 32.3 Å². The van der Waals surface area contributed by atoms with Gasteiger partial charge in [0.25, 0.3) is 0 Å². The second kappa shape index (κ2) is 7.56. The molecule has 0 aliphatic heterocycles. The third kappa shape index (κ3) is 4.42. The van der Waals surface area contributed by atoms with E-state index in [1.165, 1.54) is 11.8 Å². The maximum atomic E-state index is 12.3. The van der Waals surface area contributed by atoms with Gasteiger partial charge in [0.05, 0.1) is 10.3 Å². The maximum absolute atomic E-state index is 12.3. The molecule has 0 bridgehead atoms. The molecule has 0 radical (unpaired) electrons. The number of carbonyl (C=O) groups is 1. The first kappa shape index (κ1) is 16.7. The Morgan fingerprint density at radius 2 is 1.77 bits per heavy atom. The van der Waals surface area contributed by atoms with Crippen LogP contribution in [-0.4, -0.2) is 25.3 Å². The van der Waals surface area contributed by atoms with Crippen LogP contribution in [0.2, 0.25) is 5.02 Å². The van der Waals surface area contributed by atoms with Gasteiger partial charge in [0.1, 0.15) is 0 Å². The third-order valence-corrected chi connectivity index (χ3v) is 4.78. The molecule has 5 heteroatoms. The van der Waals surface area contributed by atoms with Crippen molar-refractivity contribution in [3.8, 4) is 0 Å². The number of nitrogens with zero attached hydrogens (tertiary/aromatic N) is 1. The van der Waals surface area contributed by atoms with Crippen molar-refractivity contribution in [3.63, 3.8) is 0 Å². The zero-order valence-electron chi connectivity index (χ0n) is 12.8. The first-order valence-electron chi connectivity index (χ1n) is 6.97. The zero-order chi connectivity index (χ0) is 16.1. The fraction of sp³-hybridized carbons (Fsp3) is 0.235. The lowest BCUT2D eigenvalue weighted by Gasteiger charge is -2.15. The fourth-order valence-electron chi connectivity index (χ4n) is 1.87. The highest BCUT2D eigenvalue weighted by Crippen LogP contribution is 2.30. The van der Waals surface area contributed by atoms with Gasteiger partial charge in [-0.05, 0) is 43.3 Å². The summed E-state index contributed by atoms with van der Waals surface area (Å²) in [6.07, 6.45) is 0. The highest BCUT2D eigenvalue weighted by molar-refractivity contribution is 8.00. The van der Waals surface area contributed by atoms with Crippen LogP contribution in [0.5, 0.6) is 0 Å². The maximum Gasteiger partial charge on any atom is 0.237 e. The Labute approximate surface area is 140 Å². The first-order chi connectivity index (χ1) is 10.5. The van der Waals surface area contributed by atoms with Crippen molar-refractivity contribution < 1.29 is 4.79 Å². The molecule has 2 rings (SSSR count). The lowest BCUT2D eigenvalue weighted by molar-refractivity contribution is -0.115. The molecule has 0 spiro atoms. The summed E-state index contributed by atoms with van der Waals surface area (Å²) in [5.74, 6) is -0.0393. The molecule has 0 heterocycles. The van der Waals surface area contributed by atoms with Crippen molar-refractivity contribution in [2.75, 3.05) is 24.3 Å². The minimum Gasteiger partial charge on any atom is -0.378 e. The number of carbonyl (C=O) groups excluding carboxylic acids is 1. The molecule has 22 heavy (non-hydrogen) atoms. The molecule has 0 fully saturated rings. The summed E-state index contributed by atoms with van der Waals surface area (Å²) in [6, 6.07) is 15.3. The Morgan fingerprint density at radius 3 is 2.36 bits per heavy atom. The molecule has 0 aromatic heterocycles. The number of rotatable bonds is 5. The van der Waals surface area contributed by atoms with E-state index in [2.05, 4.69) is 5.32 Å². The summed E-state index contributed by atoms with van der Waals surface area (Å²) in [5, 5.41) is 3.37. The molecule has 2 aromatic carbocycles. The molecule has 1 atom stereocenters. The third-order valence-electron chi connectivity index (χ3n) is 3.16. The van der Waals surface area contributed by atoms with E-state index < -0.39 is 0 Å². The second-order valence-electron chi connectivity index (χ2n) is 5.12. The monoisotopic (exact) mass is 334 g/mol. The van der Waals surface area contributed by atoms with Gasteiger partial charge >= 0.3 is 0 Å². The smallest absolute Gasteiger partial charge is 0.237 e. The Morgan fingerprint density at radius 1 is 1.14 bits per heavy atom. The van der Waals surface area contributed by atoms with Gasteiger partial charge in [0, 0.05) is 30.4 Å². The molecule has 116 valence electrons. The van der Waals surface area contributed by atoms with Gasteiger partial charge in [0.2, 0.25) is 5.91 Å². The van der Waals surface area contributed by atoms with Gasteiger partial charge in [-0.1, -0.05) is 23.7 Å². The quantitative estimate of drug-likeness (QED) is 0.816. The number of halogens is 1. The van der Waals surface area contributed by atoms with E-state index in [-0.39, 0.29) is 11.2 Å². The van der Waals surface area contributed by atoms with Gasteiger partial charge in [-0.3, -0.25) is 4.79 Å². The van der Waals surface area contributed by atoms with Crippen LogP contribution >= 0.6 is 23.4 Å². The lowest BCUT2D eigenvalue weighted by atomic mass is 10.2. The van der Waals surface area contributed by atoms with E-state index in [4.69, 9.17) is 11.6 Å². The van der Waals surface area contributed by atoms with Crippen molar-refractivity contribution in [2.45, 2.75) is 17.1 Å². The second-order valence-corrected chi connectivity index (χ2v) is 6.91. The normalized spacial score (nSPS) is 11.8. The van der Waals surface area contributed by atoms with Crippen LogP contribution in [0, 0.1) is 0 Å². The standard InChI is InChI=1S/C17H19ClN2OS/c1-12(22-16-7-5-4-6-15(16)18)17(21)19-13-8-10-14(11-9-13)20(2)3/h4-12H,1-3H3,(H,19,21). The molecule has 0 saturated heterocycles. The van der Waals surface area contributed by atoms with E-state index in [1.54, 1.807) is 0 Å². The molecule has 3 nitrogen and oxygen atoms in total. The molecule has 2 aromatic rings. The predicted molar refractivity (Wildman–Crippen MR) is 96.2 cm³/mol. The van der Waals surface area contributed by atoms with Gasteiger partial charge in [0.15, 0.2) is 0 Å². The minimum atomic E-state index is -0.228. The van der Waals surface area contributed by atoms with E-state index in [1.807, 2.05) is 74.4 Å². The SMILES string of the molecule is CC(Sc1ccccc1Cl)C(=O)Nc1ccc(N(C)C)cc1. The summed E-state index contributed by atoms with van der Waals surface area (Å²) in [5.41, 5.74) is 1.89. The van der Waals surface area contributed by atoms with E-state index >= 15 is 0 Å². The number of thioether (sulfide) groups is 1. The van der Waals surface area contributed by atoms with Crippen LogP contribution in [0.1, 0.15) is 6.92 Å². The average Bonchev–Trinajstić information content (AvgIpc) is 2.50. The summed E-state index contributed by atoms with van der Waals surface area (Å²) >= 11 is 7.58. The summed E-state index contributed by atoms with van der Waals surface area (Å²) in [4.78, 5) is 15.2. The average molecular weight is 335 g/mol. The Hall–Kier alpha value is -1.65. The van der Waals surface area contributed by atoms with Gasteiger partial charge in [-0.15, -0.1) is 11.8 Å². The predicted octanol–water partition coefficient (Wildman–Crippen LogP) is 4.53. The zero-order valence-corrected chi connectivity index (χ0v) is 14.4. The number of nitrogens with one attached hydrogen (secondary N) is 1. The molecule has 1 unspecified atom stereocenters. The lowest BCUT2D eigenvalue weighted by Crippen LogP contribution is -2.22. The van der Waals surface area contributed by atoms with Crippen molar-refractivity contribution in [2.24, 2.45) is 0 Å². The molecule has 0 saturated carbocycles. The Balaban J connectivity index is 1.98. The summed E-state index contributed by atoms with van der Waals surface area (Å²) in [7, 11) is 3.96. The van der Waals surface area contributed by atoms with Crippen LogP contribution in [0.15, 0.2) is 53.4 Å². The van der Waals surface area contributed by atoms with Crippen LogP contribution < -0.4 is 10.2 Å². The van der Waals surface area contributed by atoms with Crippen LogP contribution in [0.4, 0.5) is 11.4 Å². The highest BCUT2D eigenvalue weighted by atomic mass is 35.5. The summed E-state index contributed by atoms with van der Waals surface area (Å²) in [6.45, 7) is 1.87. The van der Waals surface area contributed by atoms with Crippen molar-refractivity contribution in [1.82, 2.24) is 0 Å². The van der Waals surface area contributed by atoms with Crippen LogP contribution in [0.25, 0.3) is 0 Å². The molecular formula is C17H19ClN2OS.